The number of carbonyl (C=O) groups is 1. The average Bonchev–Trinajstić information content (AvgIpc) is 2.36. The zero-order valence-corrected chi connectivity index (χ0v) is 10.7. The Morgan fingerprint density at radius 1 is 1.41 bits per heavy atom. The van der Waals surface area contributed by atoms with Gasteiger partial charge in [0.25, 0.3) is 5.91 Å². The lowest BCUT2D eigenvalue weighted by atomic mass is 10.1. The van der Waals surface area contributed by atoms with E-state index in [1.807, 2.05) is 6.92 Å². The van der Waals surface area contributed by atoms with Crippen molar-refractivity contribution in [2.75, 3.05) is 12.4 Å². The molecule has 0 radical (unpaired) electrons. The number of aromatic nitrogens is 2. The van der Waals surface area contributed by atoms with Gasteiger partial charge in [-0.25, -0.2) is 0 Å². The molecule has 94 valence electrons. The number of nitrogens with one attached hydrogen (secondary N) is 2. The zero-order chi connectivity index (χ0) is 12.7. The highest BCUT2D eigenvalue weighted by Crippen LogP contribution is 2.03. The van der Waals surface area contributed by atoms with Crippen LogP contribution in [0.1, 0.15) is 43.6 Å². The van der Waals surface area contributed by atoms with E-state index in [0.717, 1.165) is 19.3 Å². The molecule has 0 fully saturated rings. The van der Waals surface area contributed by atoms with Gasteiger partial charge in [0.05, 0.1) is 0 Å². The third kappa shape index (κ3) is 4.38. The highest BCUT2D eigenvalue weighted by Gasteiger charge is 2.11. The molecule has 0 aliphatic carbocycles. The van der Waals surface area contributed by atoms with Crippen LogP contribution in [0.25, 0.3) is 0 Å². The molecular weight excluding hydrogens is 216 g/mol. The minimum Gasteiger partial charge on any atom is -0.372 e. The number of hydrogen-bond donors (Lipinski definition) is 2. The minimum atomic E-state index is -0.163. The molecule has 0 aliphatic rings. The highest BCUT2D eigenvalue weighted by molar-refractivity contribution is 5.92. The SMILES string of the molecule is CCCCC(C)NC(=O)c1ccc(NC)nn1. The summed E-state index contributed by atoms with van der Waals surface area (Å²) in [6, 6.07) is 3.58. The van der Waals surface area contributed by atoms with Crippen molar-refractivity contribution in [1.29, 1.82) is 0 Å². The third-order valence-electron chi connectivity index (χ3n) is 2.52. The van der Waals surface area contributed by atoms with Crippen molar-refractivity contribution in [1.82, 2.24) is 15.5 Å². The first-order valence-corrected chi connectivity index (χ1v) is 5.99. The summed E-state index contributed by atoms with van der Waals surface area (Å²) in [4.78, 5) is 11.8. The summed E-state index contributed by atoms with van der Waals surface area (Å²) in [6.07, 6.45) is 3.24. The van der Waals surface area contributed by atoms with Crippen molar-refractivity contribution in [2.45, 2.75) is 39.2 Å². The molecule has 0 bridgehead atoms. The summed E-state index contributed by atoms with van der Waals surface area (Å²) in [7, 11) is 1.76. The molecule has 0 spiro atoms. The van der Waals surface area contributed by atoms with E-state index in [4.69, 9.17) is 0 Å². The van der Waals surface area contributed by atoms with E-state index in [-0.39, 0.29) is 11.9 Å². The number of amides is 1. The maximum atomic E-state index is 11.8. The van der Waals surface area contributed by atoms with Gasteiger partial charge in [0.1, 0.15) is 5.82 Å². The van der Waals surface area contributed by atoms with Crippen LogP contribution < -0.4 is 10.6 Å². The van der Waals surface area contributed by atoms with Crippen molar-refractivity contribution in [2.24, 2.45) is 0 Å². The summed E-state index contributed by atoms with van der Waals surface area (Å²) >= 11 is 0. The van der Waals surface area contributed by atoms with Crippen molar-refractivity contribution < 1.29 is 4.79 Å². The lowest BCUT2D eigenvalue weighted by Crippen LogP contribution is -2.33. The van der Waals surface area contributed by atoms with Crippen molar-refractivity contribution in [3.05, 3.63) is 17.8 Å². The Hall–Kier alpha value is -1.65. The molecule has 0 aliphatic heterocycles. The van der Waals surface area contributed by atoms with Crippen LogP contribution in [0, 0.1) is 0 Å². The van der Waals surface area contributed by atoms with Crippen LogP contribution >= 0.6 is 0 Å². The first-order valence-electron chi connectivity index (χ1n) is 5.99. The molecule has 5 nitrogen and oxygen atoms in total. The van der Waals surface area contributed by atoms with Crippen LogP contribution in [0.15, 0.2) is 12.1 Å². The maximum absolute atomic E-state index is 11.8. The molecule has 1 amide bonds. The van der Waals surface area contributed by atoms with Crippen molar-refractivity contribution >= 4 is 11.7 Å². The van der Waals surface area contributed by atoms with E-state index in [2.05, 4.69) is 27.8 Å². The molecule has 5 heteroatoms. The largest absolute Gasteiger partial charge is 0.372 e. The summed E-state index contributed by atoms with van der Waals surface area (Å²) in [5, 5.41) is 13.5. The Kier molecular flexibility index (Phi) is 5.39. The van der Waals surface area contributed by atoms with Crippen molar-refractivity contribution in [3.63, 3.8) is 0 Å². The number of anilines is 1. The Bertz CT molecular complexity index is 350. The Morgan fingerprint density at radius 2 is 2.18 bits per heavy atom. The summed E-state index contributed by atoms with van der Waals surface area (Å²) in [5.41, 5.74) is 0.354. The second-order valence-electron chi connectivity index (χ2n) is 4.07. The van der Waals surface area contributed by atoms with E-state index >= 15 is 0 Å². The number of nitrogens with zero attached hydrogens (tertiary/aromatic N) is 2. The van der Waals surface area contributed by atoms with Gasteiger partial charge in [0.2, 0.25) is 0 Å². The lowest BCUT2D eigenvalue weighted by molar-refractivity contribution is 0.0932. The lowest BCUT2D eigenvalue weighted by Gasteiger charge is -2.12. The predicted molar refractivity (Wildman–Crippen MR) is 68.0 cm³/mol. The molecule has 1 unspecified atom stereocenters. The average molecular weight is 236 g/mol. The van der Waals surface area contributed by atoms with Crippen LogP contribution in [-0.2, 0) is 0 Å². The molecule has 1 rings (SSSR count). The van der Waals surface area contributed by atoms with Gasteiger partial charge in [-0.1, -0.05) is 19.8 Å². The fraction of sp³-hybridized carbons (Fsp3) is 0.583. The van der Waals surface area contributed by atoms with Gasteiger partial charge in [0, 0.05) is 13.1 Å². The molecule has 17 heavy (non-hydrogen) atoms. The van der Waals surface area contributed by atoms with Gasteiger partial charge in [-0.15, -0.1) is 10.2 Å². The Morgan fingerprint density at radius 3 is 2.71 bits per heavy atom. The molecule has 0 aromatic carbocycles. The smallest absolute Gasteiger partial charge is 0.272 e. The van der Waals surface area contributed by atoms with Gasteiger partial charge < -0.3 is 10.6 Å². The molecule has 0 saturated heterocycles. The summed E-state index contributed by atoms with van der Waals surface area (Å²) in [6.45, 7) is 4.14. The normalized spacial score (nSPS) is 11.9. The molecule has 2 N–H and O–H groups in total. The topological polar surface area (TPSA) is 66.9 Å². The van der Waals surface area contributed by atoms with Crippen LogP contribution in [0.2, 0.25) is 0 Å². The third-order valence-corrected chi connectivity index (χ3v) is 2.52. The number of unbranched alkanes of at least 4 members (excludes halogenated alkanes) is 1. The number of rotatable bonds is 6. The molecule has 1 heterocycles. The van der Waals surface area contributed by atoms with Gasteiger partial charge >= 0.3 is 0 Å². The monoisotopic (exact) mass is 236 g/mol. The molecule has 1 aromatic rings. The standard InChI is InChI=1S/C12H20N4O/c1-4-5-6-9(2)14-12(17)10-7-8-11(13-3)16-15-10/h7-9H,4-6H2,1-3H3,(H,13,16)(H,14,17). The number of hydrogen-bond acceptors (Lipinski definition) is 4. The number of carbonyl (C=O) groups excluding carboxylic acids is 1. The quantitative estimate of drug-likeness (QED) is 0.790. The predicted octanol–water partition coefficient (Wildman–Crippen LogP) is 1.83. The second-order valence-corrected chi connectivity index (χ2v) is 4.07. The van der Waals surface area contributed by atoms with Crippen LogP contribution in [0.4, 0.5) is 5.82 Å². The van der Waals surface area contributed by atoms with Gasteiger partial charge in [-0.2, -0.15) is 0 Å². The first-order chi connectivity index (χ1) is 8.17. The van der Waals surface area contributed by atoms with Gasteiger partial charge in [-0.05, 0) is 25.5 Å². The molecule has 0 saturated carbocycles. The first kappa shape index (κ1) is 13.4. The fourth-order valence-electron chi connectivity index (χ4n) is 1.47. The molecular formula is C12H20N4O. The van der Waals surface area contributed by atoms with Gasteiger partial charge in [0.15, 0.2) is 5.69 Å². The van der Waals surface area contributed by atoms with Crippen molar-refractivity contribution in [3.8, 4) is 0 Å². The Balaban J connectivity index is 2.51. The van der Waals surface area contributed by atoms with Crippen LogP contribution in [0.5, 0.6) is 0 Å². The summed E-state index contributed by atoms with van der Waals surface area (Å²) < 4.78 is 0. The molecule has 1 aromatic heterocycles. The van der Waals surface area contributed by atoms with E-state index in [9.17, 15) is 4.79 Å². The second kappa shape index (κ2) is 6.83. The fourth-order valence-corrected chi connectivity index (χ4v) is 1.47. The molecule has 1 atom stereocenters. The van der Waals surface area contributed by atoms with Crippen LogP contribution in [-0.4, -0.2) is 29.2 Å². The summed E-state index contributed by atoms with van der Waals surface area (Å²) in [5.74, 6) is 0.490. The van der Waals surface area contributed by atoms with E-state index < -0.39 is 0 Å². The van der Waals surface area contributed by atoms with Gasteiger partial charge in [-0.3, -0.25) is 4.79 Å². The van der Waals surface area contributed by atoms with E-state index in [1.165, 1.54) is 0 Å². The highest BCUT2D eigenvalue weighted by atomic mass is 16.2. The maximum Gasteiger partial charge on any atom is 0.272 e. The minimum absolute atomic E-state index is 0.163. The van der Waals surface area contributed by atoms with E-state index in [0.29, 0.717) is 11.5 Å². The van der Waals surface area contributed by atoms with Crippen LogP contribution in [0.3, 0.4) is 0 Å². The zero-order valence-electron chi connectivity index (χ0n) is 10.7. The Labute approximate surface area is 102 Å². The van der Waals surface area contributed by atoms with E-state index in [1.54, 1.807) is 19.2 Å².